The van der Waals surface area contributed by atoms with Gasteiger partial charge in [-0.05, 0) is 40.8 Å². The molecule has 4 rings (SSSR count). The third-order valence-electron chi connectivity index (χ3n) is 5.32. The van der Waals surface area contributed by atoms with Crippen LogP contribution in [0.4, 0.5) is 5.69 Å². The van der Waals surface area contributed by atoms with Crippen molar-refractivity contribution in [2.24, 2.45) is 0 Å². The molecule has 0 bridgehead atoms. The fourth-order valence-electron chi connectivity index (χ4n) is 3.71. The smallest absolute Gasteiger partial charge is 0.294 e. The van der Waals surface area contributed by atoms with Crippen LogP contribution >= 0.6 is 0 Å². The molecular formula is C25H23NO4. The summed E-state index contributed by atoms with van der Waals surface area (Å²) in [5.41, 5.74) is 2.45. The quantitative estimate of drug-likeness (QED) is 0.598. The van der Waals surface area contributed by atoms with Gasteiger partial charge in [-0.2, -0.15) is 0 Å². The third kappa shape index (κ3) is 3.32. The molecule has 152 valence electrons. The Hall–Kier alpha value is -3.60. The van der Waals surface area contributed by atoms with Gasteiger partial charge in [-0.15, -0.1) is 0 Å². The lowest BCUT2D eigenvalue weighted by Crippen LogP contribution is -2.31. The molecule has 1 amide bonds. The number of rotatable bonds is 4. The molecule has 0 saturated carbocycles. The Labute approximate surface area is 175 Å². The van der Waals surface area contributed by atoms with E-state index >= 15 is 0 Å². The molecule has 5 heteroatoms. The molecule has 2 heterocycles. The number of benzene rings is 2. The number of hydrogen-bond donors (Lipinski definition) is 1. The predicted molar refractivity (Wildman–Crippen MR) is 115 cm³/mol. The standard InChI is InChI=1S/C25H23NO4/c1-25(2,3)17-13-11-16(12-14-17)21-20(22(27)19-10-7-15-30-19)23(28)24(29)26(21)18-8-5-4-6-9-18/h4-15,21,28H,1-3H3. The van der Waals surface area contributed by atoms with E-state index in [1.54, 1.807) is 18.2 Å². The minimum Gasteiger partial charge on any atom is -0.503 e. The SMILES string of the molecule is CC(C)(C)c1ccc(C2C(C(=O)c3ccco3)=C(O)C(=O)N2c2ccccc2)cc1. The van der Waals surface area contributed by atoms with E-state index in [1.807, 2.05) is 42.5 Å². The van der Waals surface area contributed by atoms with Crippen LogP contribution in [0.15, 0.2) is 88.7 Å². The number of anilines is 1. The predicted octanol–water partition coefficient (Wildman–Crippen LogP) is 5.36. The van der Waals surface area contributed by atoms with Crippen molar-refractivity contribution in [3.05, 3.63) is 101 Å². The number of aliphatic hydroxyl groups excluding tert-OH is 1. The van der Waals surface area contributed by atoms with Crippen molar-refractivity contribution in [1.82, 2.24) is 0 Å². The molecule has 1 atom stereocenters. The Morgan fingerprint density at radius 1 is 0.967 bits per heavy atom. The van der Waals surface area contributed by atoms with Crippen molar-refractivity contribution < 1.29 is 19.1 Å². The van der Waals surface area contributed by atoms with Crippen LogP contribution in [0.1, 0.15) is 48.5 Å². The molecule has 0 spiro atoms. The summed E-state index contributed by atoms with van der Waals surface area (Å²) in [4.78, 5) is 27.7. The number of furan rings is 1. The fraction of sp³-hybridized carbons (Fsp3) is 0.200. The molecule has 1 unspecified atom stereocenters. The minimum atomic E-state index is -0.758. The van der Waals surface area contributed by atoms with Gasteiger partial charge in [0.25, 0.3) is 5.91 Å². The van der Waals surface area contributed by atoms with Gasteiger partial charge < -0.3 is 9.52 Å². The number of carbonyl (C=O) groups excluding carboxylic acids is 2. The maximum absolute atomic E-state index is 13.2. The Morgan fingerprint density at radius 2 is 1.63 bits per heavy atom. The highest BCUT2D eigenvalue weighted by molar-refractivity contribution is 6.20. The van der Waals surface area contributed by atoms with Crippen LogP contribution in [0.5, 0.6) is 0 Å². The Balaban J connectivity index is 1.86. The fourth-order valence-corrected chi connectivity index (χ4v) is 3.71. The Morgan fingerprint density at radius 3 is 2.20 bits per heavy atom. The maximum Gasteiger partial charge on any atom is 0.294 e. The summed E-state index contributed by atoms with van der Waals surface area (Å²) in [6.45, 7) is 6.36. The summed E-state index contributed by atoms with van der Waals surface area (Å²) in [6, 6.07) is 19.2. The number of nitrogens with zero attached hydrogens (tertiary/aromatic N) is 1. The largest absolute Gasteiger partial charge is 0.503 e. The molecule has 0 radical (unpaired) electrons. The zero-order chi connectivity index (χ0) is 21.5. The van der Waals surface area contributed by atoms with Crippen molar-refractivity contribution in [2.45, 2.75) is 32.2 Å². The van der Waals surface area contributed by atoms with E-state index in [9.17, 15) is 14.7 Å². The van der Waals surface area contributed by atoms with Crippen LogP contribution in [0.3, 0.4) is 0 Å². The van der Waals surface area contributed by atoms with Gasteiger partial charge in [0, 0.05) is 5.69 Å². The van der Waals surface area contributed by atoms with Crippen molar-refractivity contribution in [3.8, 4) is 0 Å². The molecule has 30 heavy (non-hydrogen) atoms. The number of carbonyl (C=O) groups is 2. The first-order chi connectivity index (χ1) is 14.3. The normalized spacial score (nSPS) is 17.0. The molecule has 2 aromatic carbocycles. The zero-order valence-electron chi connectivity index (χ0n) is 17.1. The summed E-state index contributed by atoms with van der Waals surface area (Å²) < 4.78 is 5.26. The minimum absolute atomic E-state index is 0.0160. The topological polar surface area (TPSA) is 70.7 Å². The van der Waals surface area contributed by atoms with Crippen LogP contribution in [-0.2, 0) is 10.2 Å². The second-order valence-corrected chi connectivity index (χ2v) is 8.35. The molecule has 0 saturated heterocycles. The highest BCUT2D eigenvalue weighted by atomic mass is 16.3. The third-order valence-corrected chi connectivity index (χ3v) is 5.32. The van der Waals surface area contributed by atoms with Crippen LogP contribution in [0, 0.1) is 0 Å². The number of amides is 1. The summed E-state index contributed by atoms with van der Waals surface area (Å²) >= 11 is 0. The lowest BCUT2D eigenvalue weighted by molar-refractivity contribution is -0.117. The summed E-state index contributed by atoms with van der Waals surface area (Å²) in [5, 5.41) is 10.7. The maximum atomic E-state index is 13.2. The molecule has 1 aliphatic rings. The number of ketones is 1. The van der Waals surface area contributed by atoms with Crippen molar-refractivity contribution >= 4 is 17.4 Å². The molecule has 1 aliphatic heterocycles. The first-order valence-corrected chi connectivity index (χ1v) is 9.79. The van der Waals surface area contributed by atoms with E-state index in [0.717, 1.165) is 11.1 Å². The molecule has 1 N–H and O–H groups in total. The van der Waals surface area contributed by atoms with Crippen molar-refractivity contribution in [1.29, 1.82) is 0 Å². The summed E-state index contributed by atoms with van der Waals surface area (Å²) in [6.07, 6.45) is 1.39. The Bertz CT molecular complexity index is 1100. The monoisotopic (exact) mass is 401 g/mol. The van der Waals surface area contributed by atoms with E-state index in [1.165, 1.54) is 17.2 Å². The van der Waals surface area contributed by atoms with E-state index in [-0.39, 0.29) is 16.7 Å². The van der Waals surface area contributed by atoms with Crippen molar-refractivity contribution in [3.63, 3.8) is 0 Å². The van der Waals surface area contributed by atoms with Gasteiger partial charge in [-0.3, -0.25) is 14.5 Å². The molecular weight excluding hydrogens is 378 g/mol. The molecule has 5 nitrogen and oxygen atoms in total. The van der Waals surface area contributed by atoms with Crippen LogP contribution in [-0.4, -0.2) is 16.8 Å². The van der Waals surface area contributed by atoms with Gasteiger partial charge in [-0.1, -0.05) is 63.2 Å². The highest BCUT2D eigenvalue weighted by Crippen LogP contribution is 2.42. The van der Waals surface area contributed by atoms with Crippen LogP contribution < -0.4 is 4.90 Å². The van der Waals surface area contributed by atoms with E-state index in [4.69, 9.17) is 4.42 Å². The van der Waals surface area contributed by atoms with Crippen LogP contribution in [0.25, 0.3) is 0 Å². The van der Waals surface area contributed by atoms with E-state index < -0.39 is 23.5 Å². The Kier molecular flexibility index (Phi) is 4.82. The number of hydrogen-bond acceptors (Lipinski definition) is 4. The van der Waals surface area contributed by atoms with Gasteiger partial charge >= 0.3 is 0 Å². The average molecular weight is 401 g/mol. The van der Waals surface area contributed by atoms with Gasteiger partial charge in [0.15, 0.2) is 11.5 Å². The second-order valence-electron chi connectivity index (χ2n) is 8.35. The van der Waals surface area contributed by atoms with Gasteiger partial charge in [0.05, 0.1) is 17.9 Å². The van der Waals surface area contributed by atoms with Gasteiger partial charge in [0.2, 0.25) is 5.78 Å². The second kappa shape index (κ2) is 7.34. The lowest BCUT2D eigenvalue weighted by Gasteiger charge is -2.27. The molecule has 0 aliphatic carbocycles. The first kappa shape index (κ1) is 19.7. The van der Waals surface area contributed by atoms with Gasteiger partial charge in [-0.25, -0.2) is 0 Å². The summed E-state index contributed by atoms with van der Waals surface area (Å²) in [5.74, 6) is -1.59. The van der Waals surface area contributed by atoms with Gasteiger partial charge in [0.1, 0.15) is 0 Å². The number of Topliss-reactive ketones (excluding diaryl/α,β-unsaturated/α-hetero) is 1. The first-order valence-electron chi connectivity index (χ1n) is 9.79. The molecule has 0 fully saturated rings. The van der Waals surface area contributed by atoms with Crippen LogP contribution in [0.2, 0.25) is 0 Å². The zero-order valence-corrected chi connectivity index (χ0v) is 17.1. The van der Waals surface area contributed by atoms with E-state index in [2.05, 4.69) is 20.8 Å². The van der Waals surface area contributed by atoms with Crippen molar-refractivity contribution in [2.75, 3.05) is 4.90 Å². The number of aliphatic hydroxyl groups is 1. The summed E-state index contributed by atoms with van der Waals surface area (Å²) in [7, 11) is 0. The molecule has 3 aromatic rings. The van der Waals surface area contributed by atoms with E-state index in [0.29, 0.717) is 5.69 Å². The molecule has 1 aromatic heterocycles. The number of para-hydroxylation sites is 1. The highest BCUT2D eigenvalue weighted by Gasteiger charge is 2.45. The average Bonchev–Trinajstić information content (AvgIpc) is 3.35. The lowest BCUT2D eigenvalue weighted by atomic mass is 9.85.